The van der Waals surface area contributed by atoms with Gasteiger partial charge in [-0.3, -0.25) is 9.80 Å². The maximum absolute atomic E-state index is 12.1. The highest BCUT2D eigenvalue weighted by Gasteiger charge is 2.40. The van der Waals surface area contributed by atoms with Gasteiger partial charge in [0.2, 0.25) is 0 Å². The quantitative estimate of drug-likeness (QED) is 0.791. The Labute approximate surface area is 177 Å². The molecule has 0 saturated carbocycles. The maximum Gasteiger partial charge on any atom is 0.319 e. The molecule has 0 radical (unpaired) electrons. The van der Waals surface area contributed by atoms with Crippen molar-refractivity contribution >= 4 is 23.1 Å². The van der Waals surface area contributed by atoms with Crippen LogP contribution in [0.1, 0.15) is 24.0 Å². The molecule has 1 unspecified atom stereocenters. The Morgan fingerprint density at radius 2 is 2.07 bits per heavy atom. The molecule has 2 amide bonds. The van der Waals surface area contributed by atoms with E-state index in [2.05, 4.69) is 44.7 Å². The minimum atomic E-state index is -0.0884. The van der Waals surface area contributed by atoms with E-state index in [0.29, 0.717) is 6.04 Å². The van der Waals surface area contributed by atoms with Gasteiger partial charge < -0.3 is 10.6 Å². The van der Waals surface area contributed by atoms with Crippen LogP contribution in [0.25, 0.3) is 0 Å². The first-order valence-corrected chi connectivity index (χ1v) is 11.8. The van der Waals surface area contributed by atoms with Crippen LogP contribution in [-0.2, 0) is 13.0 Å². The zero-order valence-corrected chi connectivity index (χ0v) is 17.7. The van der Waals surface area contributed by atoms with Crippen molar-refractivity contribution in [3.8, 4) is 0 Å². The van der Waals surface area contributed by atoms with Crippen molar-refractivity contribution in [2.45, 2.75) is 31.8 Å². The van der Waals surface area contributed by atoms with Crippen LogP contribution in [0.15, 0.2) is 41.1 Å². The van der Waals surface area contributed by atoms with Crippen LogP contribution in [0.4, 0.5) is 10.5 Å². The highest BCUT2D eigenvalue weighted by Crippen LogP contribution is 2.37. The number of hydrogen-bond acceptors (Lipinski definition) is 4. The number of carbonyl (C=O) groups excluding carboxylic acids is 1. The average Bonchev–Trinajstić information content (AvgIpc) is 3.26. The summed E-state index contributed by atoms with van der Waals surface area (Å²) in [5.74, 6) is 1.56. The number of nitrogens with zero attached hydrogens (tertiary/aromatic N) is 2. The number of rotatable bonds is 5. The molecule has 6 rings (SSSR count). The molecular weight excluding hydrogens is 380 g/mol. The number of amides is 2. The summed E-state index contributed by atoms with van der Waals surface area (Å²) in [7, 11) is 0. The van der Waals surface area contributed by atoms with E-state index in [0.717, 1.165) is 30.6 Å². The number of piperidine rings is 3. The predicted molar refractivity (Wildman–Crippen MR) is 118 cm³/mol. The highest BCUT2D eigenvalue weighted by molar-refractivity contribution is 7.08. The summed E-state index contributed by atoms with van der Waals surface area (Å²) in [6.07, 6.45) is 3.71. The van der Waals surface area contributed by atoms with Crippen molar-refractivity contribution in [2.75, 3.05) is 38.0 Å². The van der Waals surface area contributed by atoms with Gasteiger partial charge in [-0.1, -0.05) is 24.3 Å². The van der Waals surface area contributed by atoms with Crippen LogP contribution in [0.3, 0.4) is 0 Å². The molecule has 0 spiro atoms. The Morgan fingerprint density at radius 1 is 1.17 bits per heavy atom. The van der Waals surface area contributed by atoms with Crippen LogP contribution in [0.5, 0.6) is 0 Å². The van der Waals surface area contributed by atoms with E-state index in [1.807, 2.05) is 16.8 Å². The van der Waals surface area contributed by atoms with Crippen molar-refractivity contribution in [3.63, 3.8) is 0 Å². The van der Waals surface area contributed by atoms with E-state index >= 15 is 0 Å². The fourth-order valence-electron chi connectivity index (χ4n) is 5.43. The Hall–Kier alpha value is -1.89. The second-order valence-corrected chi connectivity index (χ2v) is 9.57. The molecule has 3 saturated heterocycles. The van der Waals surface area contributed by atoms with Crippen LogP contribution in [-0.4, -0.2) is 54.6 Å². The Bertz CT molecular complexity index is 839. The highest BCUT2D eigenvalue weighted by atomic mass is 32.1. The third-order valence-corrected chi connectivity index (χ3v) is 7.68. The van der Waals surface area contributed by atoms with Gasteiger partial charge in [-0.25, -0.2) is 4.79 Å². The van der Waals surface area contributed by atoms with Gasteiger partial charge in [-0.05, 0) is 60.2 Å². The van der Waals surface area contributed by atoms with Gasteiger partial charge in [-0.15, -0.1) is 0 Å². The number of carbonyl (C=O) groups is 1. The van der Waals surface area contributed by atoms with Crippen molar-refractivity contribution < 1.29 is 4.79 Å². The second-order valence-electron chi connectivity index (χ2n) is 8.79. The van der Waals surface area contributed by atoms with Gasteiger partial charge in [0.05, 0.1) is 5.69 Å². The molecule has 3 fully saturated rings. The first-order valence-electron chi connectivity index (χ1n) is 10.8. The first-order chi connectivity index (χ1) is 14.2. The Morgan fingerprint density at radius 3 is 2.86 bits per heavy atom. The smallest absolute Gasteiger partial charge is 0.319 e. The van der Waals surface area contributed by atoms with Crippen molar-refractivity contribution in [1.29, 1.82) is 0 Å². The van der Waals surface area contributed by atoms with E-state index in [4.69, 9.17) is 0 Å². The predicted octanol–water partition coefficient (Wildman–Crippen LogP) is 3.64. The molecule has 1 aromatic carbocycles. The number of thiophene rings is 1. The molecular formula is C23H30N4OS. The molecule has 4 atom stereocenters. The van der Waals surface area contributed by atoms with E-state index in [1.54, 1.807) is 11.3 Å². The molecule has 1 aromatic heterocycles. The van der Waals surface area contributed by atoms with Crippen LogP contribution >= 0.6 is 11.3 Å². The summed E-state index contributed by atoms with van der Waals surface area (Å²) in [6.45, 7) is 6.62. The van der Waals surface area contributed by atoms with Crippen molar-refractivity contribution in [1.82, 2.24) is 15.1 Å². The Balaban J connectivity index is 1.11. The minimum absolute atomic E-state index is 0.0884. The summed E-state index contributed by atoms with van der Waals surface area (Å²) in [4.78, 5) is 17.4. The summed E-state index contributed by atoms with van der Waals surface area (Å²) in [5.41, 5.74) is 3.92. The van der Waals surface area contributed by atoms with E-state index in [1.165, 1.54) is 56.6 Å². The molecule has 6 heteroatoms. The number of urea groups is 1. The van der Waals surface area contributed by atoms with Crippen LogP contribution < -0.4 is 10.6 Å². The van der Waals surface area contributed by atoms with Gasteiger partial charge in [0, 0.05) is 44.1 Å². The molecule has 5 heterocycles. The lowest BCUT2D eigenvalue weighted by Gasteiger charge is -2.51. The number of anilines is 1. The fraction of sp³-hybridized carbons (Fsp3) is 0.522. The second kappa shape index (κ2) is 8.46. The lowest BCUT2D eigenvalue weighted by Crippen LogP contribution is -2.58. The number of hydrogen-bond donors (Lipinski definition) is 2. The molecule has 2 aromatic rings. The van der Waals surface area contributed by atoms with E-state index < -0.39 is 0 Å². The van der Waals surface area contributed by atoms with Gasteiger partial charge in [-0.2, -0.15) is 11.3 Å². The monoisotopic (exact) mass is 410 g/mol. The van der Waals surface area contributed by atoms with Gasteiger partial charge in [0.1, 0.15) is 0 Å². The molecule has 29 heavy (non-hydrogen) atoms. The molecule has 4 aliphatic rings. The molecule has 5 nitrogen and oxygen atoms in total. The summed E-state index contributed by atoms with van der Waals surface area (Å²) >= 11 is 1.59. The van der Waals surface area contributed by atoms with Gasteiger partial charge in [0.25, 0.3) is 0 Å². The molecule has 0 aliphatic carbocycles. The topological polar surface area (TPSA) is 47.6 Å². The van der Waals surface area contributed by atoms with Gasteiger partial charge >= 0.3 is 6.03 Å². The first kappa shape index (κ1) is 19.1. The standard InChI is InChI=1S/C23H30N4OS/c28-23(25-21-7-10-29-16-21)24-12-22-11-18-6-9-27(22)15-20(18)14-26-8-5-17-3-1-2-4-19(17)13-26/h1-4,7,10,16,18,20,22H,5-6,8-9,11-15H2,(H2,24,25,28)/t18-,20+,22+/m0/s1. The molecule has 4 aliphatic heterocycles. The van der Waals surface area contributed by atoms with E-state index in [-0.39, 0.29) is 6.03 Å². The number of nitrogens with one attached hydrogen (secondary N) is 2. The largest absolute Gasteiger partial charge is 0.336 e. The summed E-state index contributed by atoms with van der Waals surface area (Å²) in [5, 5.41) is 9.93. The maximum atomic E-state index is 12.1. The SMILES string of the molecule is O=C(NC[C@H]1C[C@@H]2CCN1C[C@H]2CN1CCc2ccccc2C1)Nc1ccsc1. The van der Waals surface area contributed by atoms with Crippen LogP contribution in [0.2, 0.25) is 0 Å². The number of fused-ring (bicyclic) bond motifs is 4. The molecule has 154 valence electrons. The van der Waals surface area contributed by atoms with Crippen molar-refractivity contribution in [3.05, 3.63) is 52.2 Å². The van der Waals surface area contributed by atoms with E-state index in [9.17, 15) is 4.79 Å². The zero-order valence-electron chi connectivity index (χ0n) is 16.8. The third kappa shape index (κ3) is 4.34. The average molecular weight is 411 g/mol. The Kier molecular flexibility index (Phi) is 5.57. The fourth-order valence-corrected chi connectivity index (χ4v) is 6.02. The molecule has 2 N–H and O–H groups in total. The zero-order chi connectivity index (χ0) is 19.6. The van der Waals surface area contributed by atoms with Crippen LogP contribution in [0, 0.1) is 11.8 Å². The summed E-state index contributed by atoms with van der Waals surface area (Å²) in [6, 6.07) is 11.2. The summed E-state index contributed by atoms with van der Waals surface area (Å²) < 4.78 is 0. The third-order valence-electron chi connectivity index (χ3n) is 6.99. The molecule has 2 bridgehead atoms. The van der Waals surface area contributed by atoms with Crippen molar-refractivity contribution in [2.24, 2.45) is 11.8 Å². The number of benzene rings is 1. The van der Waals surface area contributed by atoms with Gasteiger partial charge in [0.15, 0.2) is 0 Å². The lowest BCUT2D eigenvalue weighted by molar-refractivity contribution is -0.0124. The minimum Gasteiger partial charge on any atom is -0.336 e. The normalized spacial score (nSPS) is 28.7. The lowest BCUT2D eigenvalue weighted by atomic mass is 9.75.